The number of amides is 1. The van der Waals surface area contributed by atoms with E-state index in [9.17, 15) is 14.7 Å². The van der Waals surface area contributed by atoms with Gasteiger partial charge in [0.15, 0.2) is 0 Å². The standard InChI is InChI=1S/C18H20N2O4S/c1-2-24-14-7-5-12(6-8-14)17-19-13(11-25-17)10-16(21)20-9-3-4-15(20)18(22)23/h5-8,11,15H,2-4,9-10H2,1H3,(H,22,23)/t15-/m0/s1. The van der Waals surface area contributed by atoms with Crippen LogP contribution in [0, 0.1) is 0 Å². The molecule has 1 aromatic heterocycles. The third kappa shape index (κ3) is 3.99. The number of ether oxygens (including phenoxy) is 1. The highest BCUT2D eigenvalue weighted by Crippen LogP contribution is 2.26. The van der Waals surface area contributed by atoms with E-state index in [1.54, 1.807) is 0 Å². The Balaban J connectivity index is 1.67. The van der Waals surface area contributed by atoms with E-state index in [4.69, 9.17) is 4.74 Å². The lowest BCUT2D eigenvalue weighted by molar-refractivity contribution is -0.148. The van der Waals surface area contributed by atoms with E-state index >= 15 is 0 Å². The largest absolute Gasteiger partial charge is 0.494 e. The van der Waals surface area contributed by atoms with E-state index in [1.165, 1.54) is 16.2 Å². The number of likely N-dealkylation sites (tertiary alicyclic amines) is 1. The van der Waals surface area contributed by atoms with Crippen molar-refractivity contribution in [3.63, 3.8) is 0 Å². The first kappa shape index (κ1) is 17.4. The van der Waals surface area contributed by atoms with Crippen LogP contribution >= 0.6 is 11.3 Å². The molecule has 6 nitrogen and oxygen atoms in total. The van der Waals surface area contributed by atoms with Gasteiger partial charge in [0.1, 0.15) is 16.8 Å². The molecule has 25 heavy (non-hydrogen) atoms. The summed E-state index contributed by atoms with van der Waals surface area (Å²) in [5, 5.41) is 11.9. The highest BCUT2D eigenvalue weighted by atomic mass is 32.1. The van der Waals surface area contributed by atoms with Gasteiger partial charge in [-0.3, -0.25) is 4.79 Å². The summed E-state index contributed by atoms with van der Waals surface area (Å²) in [5.74, 6) is -0.292. The molecule has 1 saturated heterocycles. The molecule has 3 rings (SSSR count). The lowest BCUT2D eigenvalue weighted by Crippen LogP contribution is -2.41. The highest BCUT2D eigenvalue weighted by Gasteiger charge is 2.33. The van der Waals surface area contributed by atoms with Crippen LogP contribution < -0.4 is 4.74 Å². The van der Waals surface area contributed by atoms with E-state index in [1.807, 2.05) is 36.6 Å². The van der Waals surface area contributed by atoms with E-state index in [0.29, 0.717) is 25.3 Å². The summed E-state index contributed by atoms with van der Waals surface area (Å²) in [5.41, 5.74) is 1.65. The van der Waals surface area contributed by atoms with Crippen LogP contribution in [-0.4, -0.2) is 46.1 Å². The maximum absolute atomic E-state index is 12.4. The SMILES string of the molecule is CCOc1ccc(-c2nc(CC(=O)N3CCC[C@H]3C(=O)O)cs2)cc1. The zero-order valence-corrected chi connectivity index (χ0v) is 14.8. The fraction of sp³-hybridized carbons (Fsp3) is 0.389. The number of hydrogen-bond donors (Lipinski definition) is 1. The van der Waals surface area contributed by atoms with E-state index < -0.39 is 12.0 Å². The van der Waals surface area contributed by atoms with Crippen LogP contribution in [0.25, 0.3) is 10.6 Å². The van der Waals surface area contributed by atoms with Crippen LogP contribution in [-0.2, 0) is 16.0 Å². The summed E-state index contributed by atoms with van der Waals surface area (Å²) in [7, 11) is 0. The van der Waals surface area contributed by atoms with E-state index in [0.717, 1.165) is 22.7 Å². The Morgan fingerprint density at radius 3 is 2.80 bits per heavy atom. The topological polar surface area (TPSA) is 79.7 Å². The van der Waals surface area contributed by atoms with Crippen LogP contribution in [0.2, 0.25) is 0 Å². The van der Waals surface area contributed by atoms with Crippen LogP contribution in [0.15, 0.2) is 29.6 Å². The molecule has 1 atom stereocenters. The van der Waals surface area contributed by atoms with Gasteiger partial charge in [-0.1, -0.05) is 0 Å². The minimum absolute atomic E-state index is 0.136. The average molecular weight is 360 g/mol. The molecular formula is C18H20N2O4S. The molecule has 1 aliphatic rings. The maximum atomic E-state index is 12.4. The molecule has 1 aromatic carbocycles. The third-order valence-electron chi connectivity index (χ3n) is 4.15. The van der Waals surface area contributed by atoms with Crippen molar-refractivity contribution in [1.29, 1.82) is 0 Å². The zero-order chi connectivity index (χ0) is 17.8. The van der Waals surface area contributed by atoms with Crippen molar-refractivity contribution in [1.82, 2.24) is 9.88 Å². The van der Waals surface area contributed by atoms with Gasteiger partial charge in [-0.25, -0.2) is 9.78 Å². The Bertz CT molecular complexity index is 757. The second kappa shape index (κ2) is 7.65. The van der Waals surface area contributed by atoms with Crippen molar-refractivity contribution >= 4 is 23.2 Å². The zero-order valence-electron chi connectivity index (χ0n) is 14.0. The first-order chi connectivity index (χ1) is 12.1. The predicted molar refractivity (Wildman–Crippen MR) is 94.8 cm³/mol. The van der Waals surface area contributed by atoms with Crippen LogP contribution in [0.1, 0.15) is 25.5 Å². The number of thiazole rings is 1. The summed E-state index contributed by atoms with van der Waals surface area (Å²) in [6, 6.07) is 6.98. The molecule has 0 bridgehead atoms. The number of aromatic nitrogens is 1. The summed E-state index contributed by atoms with van der Waals surface area (Å²) >= 11 is 1.47. The van der Waals surface area contributed by atoms with Crippen molar-refractivity contribution in [3.8, 4) is 16.3 Å². The van der Waals surface area contributed by atoms with Gasteiger partial charge in [-0.15, -0.1) is 11.3 Å². The number of nitrogens with zero attached hydrogens (tertiary/aromatic N) is 2. The molecule has 0 aliphatic carbocycles. The van der Waals surface area contributed by atoms with Gasteiger partial charge in [-0.2, -0.15) is 0 Å². The second-order valence-electron chi connectivity index (χ2n) is 5.86. The third-order valence-corrected chi connectivity index (χ3v) is 5.09. The summed E-state index contributed by atoms with van der Waals surface area (Å²) < 4.78 is 5.43. The molecule has 2 heterocycles. The lowest BCUT2D eigenvalue weighted by Gasteiger charge is -2.20. The number of carboxylic acids is 1. The fourth-order valence-electron chi connectivity index (χ4n) is 2.96. The monoisotopic (exact) mass is 360 g/mol. The quantitative estimate of drug-likeness (QED) is 0.857. The minimum atomic E-state index is -0.931. The van der Waals surface area contributed by atoms with Gasteiger partial charge in [0, 0.05) is 17.5 Å². The van der Waals surface area contributed by atoms with Gasteiger partial charge < -0.3 is 14.7 Å². The van der Waals surface area contributed by atoms with Crippen molar-refractivity contribution in [3.05, 3.63) is 35.3 Å². The molecule has 0 radical (unpaired) electrons. The van der Waals surface area contributed by atoms with Crippen molar-refractivity contribution < 1.29 is 19.4 Å². The number of benzene rings is 1. The molecule has 0 unspecified atom stereocenters. The summed E-state index contributed by atoms with van der Waals surface area (Å²) in [4.78, 5) is 29.6. The van der Waals surface area contributed by atoms with Gasteiger partial charge in [0.05, 0.1) is 18.7 Å². The van der Waals surface area contributed by atoms with Gasteiger partial charge in [0.25, 0.3) is 0 Å². The number of carboxylic acid groups (broad SMARTS) is 1. The Kier molecular flexibility index (Phi) is 5.33. The van der Waals surface area contributed by atoms with Gasteiger partial charge in [0.2, 0.25) is 5.91 Å². The Hall–Kier alpha value is -2.41. The van der Waals surface area contributed by atoms with Crippen LogP contribution in [0.5, 0.6) is 5.75 Å². The summed E-state index contributed by atoms with van der Waals surface area (Å²) in [6.07, 6.45) is 1.39. The van der Waals surface area contributed by atoms with Crippen LogP contribution in [0.3, 0.4) is 0 Å². The smallest absolute Gasteiger partial charge is 0.326 e. The fourth-order valence-corrected chi connectivity index (χ4v) is 3.79. The lowest BCUT2D eigenvalue weighted by atomic mass is 10.2. The van der Waals surface area contributed by atoms with Gasteiger partial charge in [-0.05, 0) is 44.0 Å². The van der Waals surface area contributed by atoms with Gasteiger partial charge >= 0.3 is 5.97 Å². The predicted octanol–water partition coefficient (Wildman–Crippen LogP) is 2.83. The number of carbonyl (C=O) groups is 2. The summed E-state index contributed by atoms with van der Waals surface area (Å²) in [6.45, 7) is 3.07. The number of carbonyl (C=O) groups excluding carboxylic acids is 1. The van der Waals surface area contributed by atoms with Crippen molar-refractivity contribution in [2.45, 2.75) is 32.2 Å². The minimum Gasteiger partial charge on any atom is -0.494 e. The highest BCUT2D eigenvalue weighted by molar-refractivity contribution is 7.13. The first-order valence-corrected chi connectivity index (χ1v) is 9.16. The molecular weight excluding hydrogens is 340 g/mol. The van der Waals surface area contributed by atoms with Crippen LogP contribution in [0.4, 0.5) is 0 Å². The molecule has 0 spiro atoms. The Labute approximate surface area is 150 Å². The molecule has 1 amide bonds. The molecule has 1 fully saturated rings. The molecule has 1 N–H and O–H groups in total. The van der Waals surface area contributed by atoms with Crippen molar-refractivity contribution in [2.24, 2.45) is 0 Å². The molecule has 7 heteroatoms. The number of rotatable bonds is 6. The molecule has 132 valence electrons. The maximum Gasteiger partial charge on any atom is 0.326 e. The van der Waals surface area contributed by atoms with E-state index in [2.05, 4.69) is 4.98 Å². The average Bonchev–Trinajstić information content (AvgIpc) is 3.25. The van der Waals surface area contributed by atoms with E-state index in [-0.39, 0.29) is 12.3 Å². The second-order valence-corrected chi connectivity index (χ2v) is 6.72. The number of aliphatic carboxylic acids is 1. The molecule has 2 aromatic rings. The Morgan fingerprint density at radius 1 is 1.36 bits per heavy atom. The normalized spacial score (nSPS) is 16.8. The molecule has 1 aliphatic heterocycles. The first-order valence-electron chi connectivity index (χ1n) is 8.28. The molecule has 0 saturated carbocycles. The Morgan fingerprint density at radius 2 is 2.12 bits per heavy atom. The van der Waals surface area contributed by atoms with Crippen molar-refractivity contribution in [2.75, 3.05) is 13.2 Å². The number of hydrogen-bond acceptors (Lipinski definition) is 5.